The van der Waals surface area contributed by atoms with Gasteiger partial charge in [0.2, 0.25) is 0 Å². The van der Waals surface area contributed by atoms with Gasteiger partial charge >= 0.3 is 0 Å². The molecule has 1 rings (SSSR count). The Morgan fingerprint density at radius 2 is 2.11 bits per heavy atom. The van der Waals surface area contributed by atoms with E-state index < -0.39 is 6.17 Å². The molecule has 2 heteroatoms. The molecule has 0 aromatic heterocycles. The van der Waals surface area contributed by atoms with Crippen LogP contribution in [0.25, 0.3) is 0 Å². The van der Waals surface area contributed by atoms with Crippen molar-refractivity contribution in [2.45, 2.75) is 36.3 Å². The normalized spacial score (nSPS) is 45.0. The SMILES string of the molecule is CC1C(F)CCCC1I. The summed E-state index contributed by atoms with van der Waals surface area (Å²) in [5.74, 6) is 0.291. The molecule has 9 heavy (non-hydrogen) atoms. The summed E-state index contributed by atoms with van der Waals surface area (Å²) in [5.41, 5.74) is 0. The topological polar surface area (TPSA) is 0 Å². The van der Waals surface area contributed by atoms with E-state index in [4.69, 9.17) is 0 Å². The minimum atomic E-state index is -0.527. The summed E-state index contributed by atoms with van der Waals surface area (Å²) in [6.07, 6.45) is 2.56. The molecule has 0 aromatic carbocycles. The molecule has 3 atom stereocenters. The van der Waals surface area contributed by atoms with Crippen molar-refractivity contribution in [3.8, 4) is 0 Å². The van der Waals surface area contributed by atoms with Crippen LogP contribution in [-0.4, -0.2) is 10.1 Å². The van der Waals surface area contributed by atoms with Crippen molar-refractivity contribution in [3.63, 3.8) is 0 Å². The Kier molecular flexibility index (Phi) is 2.73. The summed E-state index contributed by atoms with van der Waals surface area (Å²) in [7, 11) is 0. The van der Waals surface area contributed by atoms with Gasteiger partial charge in [0.25, 0.3) is 0 Å². The smallest absolute Gasteiger partial charge is 0.104 e. The molecule has 1 saturated carbocycles. The highest BCUT2D eigenvalue weighted by Crippen LogP contribution is 2.31. The van der Waals surface area contributed by atoms with Gasteiger partial charge in [-0.15, -0.1) is 0 Å². The molecule has 0 heterocycles. The summed E-state index contributed by atoms with van der Waals surface area (Å²) < 4.78 is 13.4. The summed E-state index contributed by atoms with van der Waals surface area (Å²) in [4.78, 5) is 0. The molecule has 1 aliphatic rings. The summed E-state index contributed by atoms with van der Waals surface area (Å²) in [5, 5.41) is 0. The molecule has 0 bridgehead atoms. The van der Waals surface area contributed by atoms with E-state index >= 15 is 0 Å². The van der Waals surface area contributed by atoms with E-state index in [1.165, 1.54) is 6.42 Å². The van der Waals surface area contributed by atoms with Gasteiger partial charge in [0.1, 0.15) is 6.17 Å². The van der Waals surface area contributed by atoms with E-state index in [2.05, 4.69) is 22.6 Å². The van der Waals surface area contributed by atoms with Crippen molar-refractivity contribution >= 4 is 22.6 Å². The van der Waals surface area contributed by atoms with Crippen molar-refractivity contribution in [3.05, 3.63) is 0 Å². The monoisotopic (exact) mass is 242 g/mol. The van der Waals surface area contributed by atoms with Crippen LogP contribution in [0.1, 0.15) is 26.2 Å². The number of rotatable bonds is 0. The summed E-state index contributed by atoms with van der Waals surface area (Å²) in [6, 6.07) is 0. The number of halogens is 2. The largest absolute Gasteiger partial charge is 0.247 e. The third kappa shape index (κ3) is 1.79. The lowest BCUT2D eigenvalue weighted by atomic mass is 9.89. The first kappa shape index (κ1) is 7.76. The van der Waals surface area contributed by atoms with Crippen molar-refractivity contribution in [2.75, 3.05) is 0 Å². The van der Waals surface area contributed by atoms with Crippen LogP contribution < -0.4 is 0 Å². The Morgan fingerprint density at radius 1 is 1.44 bits per heavy atom. The lowest BCUT2D eigenvalue weighted by Crippen LogP contribution is -2.26. The van der Waals surface area contributed by atoms with Crippen LogP contribution in [0.5, 0.6) is 0 Å². The highest BCUT2D eigenvalue weighted by atomic mass is 127. The first-order chi connectivity index (χ1) is 4.22. The third-order valence-electron chi connectivity index (χ3n) is 2.10. The second-order valence-corrected chi connectivity index (χ2v) is 4.42. The standard InChI is InChI=1S/C7H12FI/c1-5-6(8)3-2-4-7(5)9/h5-7H,2-4H2,1H3. The zero-order valence-corrected chi connectivity index (χ0v) is 7.77. The van der Waals surface area contributed by atoms with Crippen LogP contribution in [0, 0.1) is 5.92 Å². The maximum atomic E-state index is 12.8. The van der Waals surface area contributed by atoms with E-state index in [-0.39, 0.29) is 0 Å². The average molecular weight is 242 g/mol. The molecular formula is C7H12FI. The van der Waals surface area contributed by atoms with Gasteiger partial charge in [-0.25, -0.2) is 4.39 Å². The first-order valence-electron chi connectivity index (χ1n) is 3.50. The highest BCUT2D eigenvalue weighted by molar-refractivity contribution is 14.1. The maximum Gasteiger partial charge on any atom is 0.104 e. The van der Waals surface area contributed by atoms with Gasteiger partial charge < -0.3 is 0 Å². The van der Waals surface area contributed by atoms with Crippen molar-refractivity contribution in [1.29, 1.82) is 0 Å². The minimum Gasteiger partial charge on any atom is -0.247 e. The van der Waals surface area contributed by atoms with Gasteiger partial charge in [0, 0.05) is 3.92 Å². The second-order valence-electron chi connectivity index (χ2n) is 2.82. The van der Waals surface area contributed by atoms with Crippen LogP contribution >= 0.6 is 22.6 Å². The third-order valence-corrected chi connectivity index (χ3v) is 3.86. The van der Waals surface area contributed by atoms with E-state index in [1.807, 2.05) is 6.92 Å². The highest BCUT2D eigenvalue weighted by Gasteiger charge is 2.27. The predicted molar refractivity (Wildman–Crippen MR) is 45.7 cm³/mol. The van der Waals surface area contributed by atoms with E-state index in [0.29, 0.717) is 9.84 Å². The van der Waals surface area contributed by atoms with Crippen molar-refractivity contribution < 1.29 is 4.39 Å². The second kappa shape index (κ2) is 3.17. The Balaban J connectivity index is 2.41. The number of alkyl halides is 2. The van der Waals surface area contributed by atoms with Gasteiger partial charge in [0.15, 0.2) is 0 Å². The summed E-state index contributed by atoms with van der Waals surface area (Å²) >= 11 is 2.36. The molecule has 0 radical (unpaired) electrons. The molecule has 0 saturated heterocycles. The molecule has 1 fully saturated rings. The lowest BCUT2D eigenvalue weighted by molar-refractivity contribution is 0.190. The molecule has 0 spiro atoms. The van der Waals surface area contributed by atoms with Gasteiger partial charge in [-0.2, -0.15) is 0 Å². The molecule has 54 valence electrons. The quantitative estimate of drug-likeness (QED) is 0.452. The Morgan fingerprint density at radius 3 is 2.56 bits per heavy atom. The van der Waals surface area contributed by atoms with Crippen LogP contribution in [0.15, 0.2) is 0 Å². The van der Waals surface area contributed by atoms with Crippen LogP contribution in [0.4, 0.5) is 4.39 Å². The Labute approximate surface area is 69.4 Å². The zero-order chi connectivity index (χ0) is 6.85. The summed E-state index contributed by atoms with van der Waals surface area (Å²) in [6.45, 7) is 2.01. The van der Waals surface area contributed by atoms with Gasteiger partial charge in [-0.3, -0.25) is 0 Å². The maximum absolute atomic E-state index is 12.8. The molecule has 0 amide bonds. The van der Waals surface area contributed by atoms with E-state index in [1.54, 1.807) is 0 Å². The van der Waals surface area contributed by atoms with Crippen LogP contribution in [-0.2, 0) is 0 Å². The molecule has 0 N–H and O–H groups in total. The van der Waals surface area contributed by atoms with E-state index in [0.717, 1.165) is 12.8 Å². The molecule has 3 unspecified atom stereocenters. The van der Waals surface area contributed by atoms with Gasteiger partial charge in [-0.1, -0.05) is 29.5 Å². The Bertz CT molecular complexity index is 84.9. The van der Waals surface area contributed by atoms with Crippen molar-refractivity contribution in [1.82, 2.24) is 0 Å². The number of hydrogen-bond donors (Lipinski definition) is 0. The Hall–Kier alpha value is 0.660. The number of hydrogen-bond acceptors (Lipinski definition) is 0. The molecule has 0 nitrogen and oxygen atoms in total. The van der Waals surface area contributed by atoms with Crippen LogP contribution in [0.2, 0.25) is 0 Å². The van der Waals surface area contributed by atoms with Gasteiger partial charge in [-0.05, 0) is 25.2 Å². The molecule has 1 aliphatic carbocycles. The first-order valence-corrected chi connectivity index (χ1v) is 4.74. The molecular weight excluding hydrogens is 230 g/mol. The fourth-order valence-electron chi connectivity index (χ4n) is 1.26. The van der Waals surface area contributed by atoms with Crippen molar-refractivity contribution in [2.24, 2.45) is 5.92 Å². The molecule has 0 aliphatic heterocycles. The van der Waals surface area contributed by atoms with E-state index in [9.17, 15) is 4.39 Å². The lowest BCUT2D eigenvalue weighted by Gasteiger charge is -2.27. The average Bonchev–Trinajstić information content (AvgIpc) is 1.83. The minimum absolute atomic E-state index is 0.291. The predicted octanol–water partition coefficient (Wildman–Crippen LogP) is 2.95. The van der Waals surface area contributed by atoms with Gasteiger partial charge in [0.05, 0.1) is 0 Å². The molecule has 0 aromatic rings. The fraction of sp³-hybridized carbons (Fsp3) is 1.00. The van der Waals surface area contributed by atoms with Crippen LogP contribution in [0.3, 0.4) is 0 Å². The fourth-order valence-corrected chi connectivity index (χ4v) is 2.15. The zero-order valence-electron chi connectivity index (χ0n) is 5.61.